The smallest absolute Gasteiger partial charge is 0.147 e. The molecule has 2 saturated heterocycles. The highest BCUT2D eigenvalue weighted by Gasteiger charge is 2.63. The van der Waals surface area contributed by atoms with Crippen LogP contribution >= 0.6 is 0 Å². The molecule has 7 heteroatoms. The number of ether oxygens (including phenoxy) is 2. The van der Waals surface area contributed by atoms with E-state index in [-0.39, 0.29) is 0 Å². The van der Waals surface area contributed by atoms with E-state index in [0.717, 1.165) is 73.0 Å². The number of allylic oxidation sites excluding steroid dienone is 1. The van der Waals surface area contributed by atoms with Crippen molar-refractivity contribution in [3.8, 4) is 17.0 Å². The van der Waals surface area contributed by atoms with Gasteiger partial charge in [0.25, 0.3) is 0 Å². The molecule has 8 rings (SSSR count). The molecule has 0 radical (unpaired) electrons. The first-order valence-corrected chi connectivity index (χ1v) is 14.4. The summed E-state index contributed by atoms with van der Waals surface area (Å²) >= 11 is 0. The van der Waals surface area contributed by atoms with Crippen LogP contribution in [0.4, 0.5) is 0 Å². The third-order valence-corrected chi connectivity index (χ3v) is 9.89. The van der Waals surface area contributed by atoms with Gasteiger partial charge in [0.15, 0.2) is 0 Å². The van der Waals surface area contributed by atoms with Gasteiger partial charge in [-0.1, -0.05) is 18.2 Å². The Balaban J connectivity index is 1.11. The maximum Gasteiger partial charge on any atom is 0.147 e. The van der Waals surface area contributed by atoms with Crippen LogP contribution in [0.1, 0.15) is 55.3 Å². The summed E-state index contributed by atoms with van der Waals surface area (Å²) in [7, 11) is 1.73. The molecule has 0 bridgehead atoms. The van der Waals surface area contributed by atoms with Crippen LogP contribution < -0.4 is 4.74 Å². The number of aryl methyl sites for hydroxylation is 1. The van der Waals surface area contributed by atoms with Crippen molar-refractivity contribution in [3.63, 3.8) is 0 Å². The first kappa shape index (κ1) is 22.9. The lowest BCUT2D eigenvalue weighted by atomic mass is 9.90. The van der Waals surface area contributed by atoms with Gasteiger partial charge < -0.3 is 9.47 Å². The molecule has 1 aromatic carbocycles. The van der Waals surface area contributed by atoms with E-state index in [0.29, 0.717) is 11.5 Å². The Labute approximate surface area is 223 Å². The van der Waals surface area contributed by atoms with E-state index in [9.17, 15) is 0 Å². The topological polar surface area (TPSA) is 75.6 Å². The molecule has 5 heterocycles. The maximum atomic E-state index is 5.80. The summed E-state index contributed by atoms with van der Waals surface area (Å²) in [6, 6.07) is 9.34. The summed E-state index contributed by atoms with van der Waals surface area (Å²) in [4.78, 5) is 13.0. The molecule has 2 aliphatic carbocycles. The zero-order chi connectivity index (χ0) is 25.3. The number of hydrogen-bond donors (Lipinski definition) is 1. The standard InChI is InChI=1S/C31H35N5O2/c1-37-26-14-25-30(33-29(26)24-7-3-5-19-4-2-6-23(19)24)28(35-34-25)20-8-9-27(32-16-20)31-15-21(31)17-36(18-31)22-10-12-38-13-11-22/h3,5,7,14,16,21-22H,2,4,6,8-13,15,17-18H2,1H3,(H,34,35). The van der Waals surface area contributed by atoms with Crippen molar-refractivity contribution in [2.24, 2.45) is 16.3 Å². The van der Waals surface area contributed by atoms with E-state index >= 15 is 0 Å². The minimum atomic E-state index is 0.320. The lowest BCUT2D eigenvalue weighted by molar-refractivity contribution is 0.0376. The largest absolute Gasteiger partial charge is 0.494 e. The number of pyridine rings is 1. The molecule has 196 valence electrons. The van der Waals surface area contributed by atoms with Gasteiger partial charge in [-0.25, -0.2) is 4.98 Å². The van der Waals surface area contributed by atoms with Crippen molar-refractivity contribution in [1.82, 2.24) is 20.1 Å². The molecule has 2 unspecified atom stereocenters. The zero-order valence-electron chi connectivity index (χ0n) is 22.1. The van der Waals surface area contributed by atoms with E-state index in [4.69, 9.17) is 24.5 Å². The van der Waals surface area contributed by atoms with Crippen LogP contribution in [-0.4, -0.2) is 65.2 Å². The van der Waals surface area contributed by atoms with E-state index in [1.165, 1.54) is 66.7 Å². The Hall–Kier alpha value is -3.03. The Morgan fingerprint density at radius 2 is 2.03 bits per heavy atom. The lowest BCUT2D eigenvalue weighted by Gasteiger charge is -2.33. The fraction of sp³-hybridized carbons (Fsp3) is 0.516. The Morgan fingerprint density at radius 3 is 2.87 bits per heavy atom. The molecule has 1 saturated carbocycles. The highest BCUT2D eigenvalue weighted by atomic mass is 16.5. The van der Waals surface area contributed by atoms with Crippen molar-refractivity contribution in [2.75, 3.05) is 33.4 Å². The molecular weight excluding hydrogens is 474 g/mol. The normalized spacial score (nSPS) is 27.2. The number of H-pyrrole nitrogens is 1. The van der Waals surface area contributed by atoms with Gasteiger partial charge in [-0.05, 0) is 68.4 Å². The van der Waals surface area contributed by atoms with Crippen LogP contribution in [0.25, 0.3) is 27.9 Å². The quantitative estimate of drug-likeness (QED) is 0.512. The number of methoxy groups -OCH3 is 1. The van der Waals surface area contributed by atoms with Gasteiger partial charge in [-0.15, -0.1) is 0 Å². The first-order valence-electron chi connectivity index (χ1n) is 14.4. The number of piperidine rings is 1. The number of likely N-dealkylation sites (tertiary alicyclic amines) is 1. The molecule has 0 spiro atoms. The number of nitrogens with one attached hydrogen (secondary N) is 1. The summed E-state index contributed by atoms with van der Waals surface area (Å²) in [5.74, 6) is 1.58. The molecule has 38 heavy (non-hydrogen) atoms. The average Bonchev–Trinajstić information content (AvgIpc) is 3.35. The van der Waals surface area contributed by atoms with E-state index in [1.807, 2.05) is 0 Å². The summed E-state index contributed by atoms with van der Waals surface area (Å²) in [6.45, 7) is 4.25. The number of hydrogen-bond acceptors (Lipinski definition) is 6. The summed E-state index contributed by atoms with van der Waals surface area (Å²) in [5.41, 5.74) is 10.6. The van der Waals surface area contributed by atoms with Gasteiger partial charge in [0.2, 0.25) is 0 Å². The summed E-state index contributed by atoms with van der Waals surface area (Å²) in [5, 5.41) is 7.94. The second-order valence-corrected chi connectivity index (χ2v) is 11.9. The van der Waals surface area contributed by atoms with Gasteiger partial charge in [0.05, 0.1) is 12.6 Å². The zero-order valence-corrected chi connectivity index (χ0v) is 22.1. The van der Waals surface area contributed by atoms with Crippen molar-refractivity contribution in [2.45, 2.75) is 57.4 Å². The van der Waals surface area contributed by atoms with Crippen LogP contribution in [0.3, 0.4) is 0 Å². The molecule has 3 aromatic rings. The second-order valence-electron chi connectivity index (χ2n) is 11.9. The third-order valence-electron chi connectivity index (χ3n) is 9.89. The molecule has 3 fully saturated rings. The number of aromatic amines is 1. The summed E-state index contributed by atoms with van der Waals surface area (Å²) in [6.07, 6.45) is 11.2. The molecule has 7 nitrogen and oxygen atoms in total. The predicted octanol–water partition coefficient (Wildman–Crippen LogP) is 5.20. The summed E-state index contributed by atoms with van der Waals surface area (Å²) < 4.78 is 11.4. The number of nitrogens with zero attached hydrogens (tertiary/aromatic N) is 4. The van der Waals surface area contributed by atoms with Crippen LogP contribution in [0, 0.1) is 11.3 Å². The average molecular weight is 510 g/mol. The van der Waals surface area contributed by atoms with Gasteiger partial charge in [-0.2, -0.15) is 5.10 Å². The minimum Gasteiger partial charge on any atom is -0.494 e. The number of benzene rings is 1. The van der Waals surface area contributed by atoms with E-state index < -0.39 is 0 Å². The van der Waals surface area contributed by atoms with Crippen molar-refractivity contribution >= 4 is 22.3 Å². The molecule has 0 amide bonds. The molecule has 3 aliphatic heterocycles. The second kappa shape index (κ2) is 8.75. The van der Waals surface area contributed by atoms with Crippen LogP contribution in [0.5, 0.6) is 5.75 Å². The van der Waals surface area contributed by atoms with Gasteiger partial charge in [-0.3, -0.25) is 15.0 Å². The number of aliphatic imine (C=N–C) groups is 1. The Morgan fingerprint density at radius 1 is 1.11 bits per heavy atom. The highest BCUT2D eigenvalue weighted by Crippen LogP contribution is 2.60. The number of fused-ring (bicyclic) bond motifs is 3. The van der Waals surface area contributed by atoms with Gasteiger partial charge >= 0.3 is 0 Å². The van der Waals surface area contributed by atoms with Crippen molar-refractivity contribution in [3.05, 3.63) is 47.3 Å². The highest BCUT2D eigenvalue weighted by molar-refractivity contribution is 5.99. The number of aromatic nitrogens is 3. The number of rotatable bonds is 5. The monoisotopic (exact) mass is 509 g/mol. The molecular formula is C31H35N5O2. The Bertz CT molecular complexity index is 1480. The molecule has 2 aromatic heterocycles. The van der Waals surface area contributed by atoms with Gasteiger partial charge in [0, 0.05) is 66.9 Å². The predicted molar refractivity (Wildman–Crippen MR) is 149 cm³/mol. The van der Waals surface area contributed by atoms with Crippen LogP contribution in [0.15, 0.2) is 35.5 Å². The van der Waals surface area contributed by atoms with E-state index in [1.54, 1.807) is 7.11 Å². The molecule has 5 aliphatic rings. The fourth-order valence-electron chi connectivity index (χ4n) is 7.74. The van der Waals surface area contributed by atoms with E-state index in [2.05, 4.69) is 40.5 Å². The van der Waals surface area contributed by atoms with Crippen LogP contribution in [-0.2, 0) is 17.6 Å². The van der Waals surface area contributed by atoms with Crippen LogP contribution in [0.2, 0.25) is 0 Å². The fourth-order valence-corrected chi connectivity index (χ4v) is 7.74. The first-order chi connectivity index (χ1) is 18.7. The molecule has 1 N–H and O–H groups in total. The SMILES string of the molecule is COc1cc2[nH]nc(C3=CN=C(C45CC4CN(C4CCOCC4)C5)CC3)c2nc1-c1cccc2c1CCC2. The minimum absolute atomic E-state index is 0.320. The Kier molecular flexibility index (Phi) is 5.27. The third kappa shape index (κ3) is 3.51. The lowest BCUT2D eigenvalue weighted by Crippen LogP contribution is -2.40. The molecule has 2 atom stereocenters. The van der Waals surface area contributed by atoms with Crippen molar-refractivity contribution in [1.29, 1.82) is 0 Å². The maximum absolute atomic E-state index is 5.80. The van der Waals surface area contributed by atoms with Crippen molar-refractivity contribution < 1.29 is 9.47 Å². The van der Waals surface area contributed by atoms with Gasteiger partial charge in [0.1, 0.15) is 22.7 Å².